The van der Waals surface area contributed by atoms with Crippen LogP contribution in [0.25, 0.3) is 0 Å². The Hall–Kier alpha value is -2.29. The van der Waals surface area contributed by atoms with E-state index in [4.69, 9.17) is 9.47 Å². The molecule has 2 aromatic carbocycles. The Labute approximate surface area is 194 Å². The number of rotatable bonds is 7. The van der Waals surface area contributed by atoms with E-state index < -0.39 is 5.41 Å². The highest BCUT2D eigenvalue weighted by molar-refractivity contribution is 5.78. The zero-order valence-corrected chi connectivity index (χ0v) is 20.8. The molecule has 174 valence electrons. The maximum absolute atomic E-state index is 12.7. The normalized spacial score (nSPS) is 16.4. The van der Waals surface area contributed by atoms with Gasteiger partial charge in [-0.2, -0.15) is 0 Å². The Kier molecular flexibility index (Phi) is 7.37. The largest absolute Gasteiger partial charge is 0.488 e. The topological polar surface area (TPSA) is 35.5 Å². The molecule has 0 radical (unpaired) electrons. The monoisotopic (exact) mass is 436 g/mol. The van der Waals surface area contributed by atoms with Gasteiger partial charge in [0.05, 0.1) is 5.41 Å². The minimum atomic E-state index is -0.430. The van der Waals surface area contributed by atoms with Crippen LogP contribution in [0.15, 0.2) is 48.5 Å². The fourth-order valence-electron chi connectivity index (χ4n) is 4.71. The van der Waals surface area contributed by atoms with E-state index in [1.54, 1.807) is 0 Å². The van der Waals surface area contributed by atoms with Gasteiger partial charge in [-0.05, 0) is 88.8 Å². The summed E-state index contributed by atoms with van der Waals surface area (Å²) in [6, 6.07) is 16.9. The minimum Gasteiger partial charge on any atom is -0.488 e. The van der Waals surface area contributed by atoms with Crippen LogP contribution in [0.2, 0.25) is 0 Å². The summed E-state index contributed by atoms with van der Waals surface area (Å²) in [4.78, 5) is 12.7. The fourth-order valence-corrected chi connectivity index (χ4v) is 4.71. The summed E-state index contributed by atoms with van der Waals surface area (Å²) in [5.74, 6) is 1.40. The van der Waals surface area contributed by atoms with Crippen LogP contribution in [0.4, 0.5) is 0 Å². The predicted octanol–water partition coefficient (Wildman–Crippen LogP) is 7.85. The Bertz CT molecular complexity index is 877. The average Bonchev–Trinajstić information content (AvgIpc) is 2.79. The molecule has 0 saturated heterocycles. The van der Waals surface area contributed by atoms with E-state index in [9.17, 15) is 4.79 Å². The highest BCUT2D eigenvalue weighted by Gasteiger charge is 2.36. The number of carbonyl (C=O) groups is 1. The van der Waals surface area contributed by atoms with Crippen molar-refractivity contribution in [3.8, 4) is 11.5 Å². The number of hydrogen-bond acceptors (Lipinski definition) is 3. The quantitative estimate of drug-likeness (QED) is 0.327. The first-order chi connectivity index (χ1) is 15.1. The van der Waals surface area contributed by atoms with Gasteiger partial charge in [-0.15, -0.1) is 0 Å². The summed E-state index contributed by atoms with van der Waals surface area (Å²) >= 11 is 0. The van der Waals surface area contributed by atoms with Crippen molar-refractivity contribution in [3.05, 3.63) is 59.7 Å². The molecular weight excluding hydrogens is 396 g/mol. The van der Waals surface area contributed by atoms with Crippen molar-refractivity contribution in [3.63, 3.8) is 0 Å². The number of hydrogen-bond donors (Lipinski definition) is 0. The Balaban J connectivity index is 1.86. The molecule has 0 bridgehead atoms. The van der Waals surface area contributed by atoms with Gasteiger partial charge in [0.1, 0.15) is 17.1 Å². The van der Waals surface area contributed by atoms with Crippen LogP contribution >= 0.6 is 0 Å². The molecule has 1 fully saturated rings. The second-order valence-electron chi connectivity index (χ2n) is 10.6. The maximum Gasteiger partial charge on any atom is 0.317 e. The SMILES string of the molecule is CCC(C)(CC)C(=O)Oc1ccc(C2(c3ccc(OC(C)(C)C)cc3)CCCCC2)cc1. The van der Waals surface area contributed by atoms with Gasteiger partial charge in [-0.25, -0.2) is 0 Å². The van der Waals surface area contributed by atoms with Gasteiger partial charge in [-0.3, -0.25) is 4.79 Å². The molecule has 0 spiro atoms. The van der Waals surface area contributed by atoms with Crippen LogP contribution in [0.1, 0.15) is 97.6 Å². The van der Waals surface area contributed by atoms with Gasteiger partial charge in [0.2, 0.25) is 0 Å². The smallest absolute Gasteiger partial charge is 0.317 e. The summed E-state index contributed by atoms with van der Waals surface area (Å²) in [5, 5.41) is 0. The first-order valence-electron chi connectivity index (χ1n) is 12.2. The van der Waals surface area contributed by atoms with E-state index in [1.165, 1.54) is 30.4 Å². The predicted molar refractivity (Wildman–Crippen MR) is 131 cm³/mol. The standard InChI is InChI=1S/C29H40O3/c1-7-28(6,8-2)26(30)31-24-16-12-22(13-17-24)29(20-10-9-11-21-29)23-14-18-25(19-15-23)32-27(3,4)5/h12-19H,7-11,20-21H2,1-6H3. The van der Waals surface area contributed by atoms with Gasteiger partial charge >= 0.3 is 5.97 Å². The van der Waals surface area contributed by atoms with Crippen molar-refractivity contribution in [1.29, 1.82) is 0 Å². The van der Waals surface area contributed by atoms with Gasteiger partial charge in [-0.1, -0.05) is 57.4 Å². The van der Waals surface area contributed by atoms with Crippen LogP contribution in [0.3, 0.4) is 0 Å². The molecule has 0 aromatic heterocycles. The third kappa shape index (κ3) is 5.36. The Morgan fingerprint density at radius 3 is 1.69 bits per heavy atom. The second-order valence-corrected chi connectivity index (χ2v) is 10.6. The van der Waals surface area contributed by atoms with Crippen LogP contribution < -0.4 is 9.47 Å². The first kappa shape index (κ1) is 24.4. The summed E-state index contributed by atoms with van der Waals surface area (Å²) in [6.07, 6.45) is 7.56. The summed E-state index contributed by atoms with van der Waals surface area (Å²) in [7, 11) is 0. The van der Waals surface area contributed by atoms with E-state index in [0.29, 0.717) is 5.75 Å². The zero-order chi connectivity index (χ0) is 23.4. The van der Waals surface area contributed by atoms with Gasteiger partial charge < -0.3 is 9.47 Å². The second kappa shape index (κ2) is 9.68. The summed E-state index contributed by atoms with van der Waals surface area (Å²) < 4.78 is 11.8. The van der Waals surface area contributed by atoms with Crippen LogP contribution in [-0.2, 0) is 10.2 Å². The lowest BCUT2D eigenvalue weighted by atomic mass is 9.65. The van der Waals surface area contributed by atoms with Gasteiger partial charge in [0, 0.05) is 5.41 Å². The molecule has 3 nitrogen and oxygen atoms in total. The van der Waals surface area contributed by atoms with Crippen molar-refractivity contribution >= 4 is 5.97 Å². The highest BCUT2D eigenvalue weighted by atomic mass is 16.5. The Morgan fingerprint density at radius 1 is 0.781 bits per heavy atom. The van der Waals surface area contributed by atoms with E-state index >= 15 is 0 Å². The van der Waals surface area contributed by atoms with Crippen molar-refractivity contribution < 1.29 is 14.3 Å². The number of benzene rings is 2. The third-order valence-electron chi connectivity index (χ3n) is 7.21. The third-order valence-corrected chi connectivity index (χ3v) is 7.21. The molecule has 0 amide bonds. The molecule has 32 heavy (non-hydrogen) atoms. The van der Waals surface area contributed by atoms with Crippen molar-refractivity contribution in [2.45, 2.75) is 97.5 Å². The van der Waals surface area contributed by atoms with Crippen LogP contribution in [0, 0.1) is 5.41 Å². The number of esters is 1. The highest BCUT2D eigenvalue weighted by Crippen LogP contribution is 2.45. The minimum absolute atomic E-state index is 0.00238. The molecule has 2 aromatic rings. The van der Waals surface area contributed by atoms with Crippen molar-refractivity contribution in [2.75, 3.05) is 0 Å². The molecule has 0 atom stereocenters. The average molecular weight is 437 g/mol. The van der Waals surface area contributed by atoms with E-state index in [0.717, 1.165) is 31.4 Å². The van der Waals surface area contributed by atoms with Crippen LogP contribution in [-0.4, -0.2) is 11.6 Å². The molecule has 3 rings (SSSR count). The van der Waals surface area contributed by atoms with Crippen molar-refractivity contribution in [2.24, 2.45) is 5.41 Å². The molecule has 0 unspecified atom stereocenters. The lowest BCUT2D eigenvalue weighted by Gasteiger charge is -2.39. The van der Waals surface area contributed by atoms with Crippen molar-refractivity contribution in [1.82, 2.24) is 0 Å². The summed E-state index contributed by atoms with van der Waals surface area (Å²) in [5.41, 5.74) is 2.01. The molecule has 0 N–H and O–H groups in total. The number of carbonyl (C=O) groups excluding carboxylic acids is 1. The van der Waals surface area contributed by atoms with E-state index in [-0.39, 0.29) is 17.0 Å². The molecule has 0 aliphatic heterocycles. The lowest BCUT2D eigenvalue weighted by molar-refractivity contribution is -0.145. The number of ether oxygens (including phenoxy) is 2. The lowest BCUT2D eigenvalue weighted by Crippen LogP contribution is -2.31. The zero-order valence-electron chi connectivity index (χ0n) is 20.8. The maximum atomic E-state index is 12.7. The molecule has 0 heterocycles. The molecule has 1 saturated carbocycles. The van der Waals surface area contributed by atoms with Crippen LogP contribution in [0.5, 0.6) is 11.5 Å². The van der Waals surface area contributed by atoms with E-state index in [1.807, 2.05) is 32.9 Å². The van der Waals surface area contributed by atoms with Gasteiger partial charge in [0.25, 0.3) is 0 Å². The molecule has 3 heteroatoms. The molecule has 1 aliphatic carbocycles. The Morgan fingerprint density at radius 2 is 1.25 bits per heavy atom. The summed E-state index contributed by atoms with van der Waals surface area (Å²) in [6.45, 7) is 12.3. The molecule has 1 aliphatic rings. The first-order valence-corrected chi connectivity index (χ1v) is 12.2. The fraction of sp³-hybridized carbons (Fsp3) is 0.552. The molecular formula is C29H40O3. The van der Waals surface area contributed by atoms with E-state index in [2.05, 4.69) is 57.2 Å². The van der Waals surface area contributed by atoms with Gasteiger partial charge in [0.15, 0.2) is 0 Å².